The van der Waals surface area contributed by atoms with Gasteiger partial charge in [-0.15, -0.1) is 11.3 Å². The van der Waals surface area contributed by atoms with Crippen LogP contribution >= 0.6 is 11.3 Å². The second-order valence-electron chi connectivity index (χ2n) is 10.3. The van der Waals surface area contributed by atoms with Crippen molar-refractivity contribution in [2.24, 2.45) is 0 Å². The molecular formula is C28H34N4O2S. The van der Waals surface area contributed by atoms with E-state index in [2.05, 4.69) is 11.4 Å². The molecule has 0 saturated heterocycles. The topological polar surface area (TPSA) is 67.2 Å². The van der Waals surface area contributed by atoms with Crippen molar-refractivity contribution in [2.75, 3.05) is 4.90 Å². The molecule has 1 saturated carbocycles. The van der Waals surface area contributed by atoms with Crippen LogP contribution in [-0.4, -0.2) is 33.2 Å². The number of hydrogen-bond donors (Lipinski definition) is 1. The highest BCUT2D eigenvalue weighted by atomic mass is 32.1. The normalized spacial score (nSPS) is 21.3. The maximum atomic E-state index is 14.0. The van der Waals surface area contributed by atoms with E-state index in [1.807, 2.05) is 56.5 Å². The summed E-state index contributed by atoms with van der Waals surface area (Å²) in [5.41, 5.74) is 3.08. The van der Waals surface area contributed by atoms with Crippen LogP contribution in [0.4, 0.5) is 5.69 Å². The number of nitrogens with zero attached hydrogens (tertiary/aromatic N) is 3. The van der Waals surface area contributed by atoms with Crippen LogP contribution in [0.15, 0.2) is 41.8 Å². The second kappa shape index (κ2) is 9.61. The maximum Gasteiger partial charge on any atom is 0.277 e. The molecule has 1 aliphatic heterocycles. The number of thiophene rings is 1. The zero-order valence-corrected chi connectivity index (χ0v) is 21.7. The van der Waals surface area contributed by atoms with Crippen LogP contribution in [0.5, 0.6) is 0 Å². The third-order valence-corrected chi connectivity index (χ3v) is 8.21. The number of aromatic nitrogens is 2. The fourth-order valence-electron chi connectivity index (χ4n) is 5.55. The Morgan fingerprint density at radius 1 is 1.06 bits per heavy atom. The summed E-state index contributed by atoms with van der Waals surface area (Å²) in [6, 6.07) is 12.1. The second-order valence-corrected chi connectivity index (χ2v) is 11.3. The van der Waals surface area contributed by atoms with E-state index in [0.29, 0.717) is 12.2 Å². The summed E-state index contributed by atoms with van der Waals surface area (Å²) >= 11 is 1.59. The molecule has 184 valence electrons. The van der Waals surface area contributed by atoms with Gasteiger partial charge in [-0.25, -0.2) is 0 Å². The first-order valence-corrected chi connectivity index (χ1v) is 13.6. The quantitative estimate of drug-likeness (QED) is 0.497. The van der Waals surface area contributed by atoms with Crippen LogP contribution < -0.4 is 10.2 Å². The van der Waals surface area contributed by atoms with Gasteiger partial charge in [-0.05, 0) is 74.4 Å². The summed E-state index contributed by atoms with van der Waals surface area (Å²) in [6.45, 7) is 6.24. The average Bonchev–Trinajstić information content (AvgIpc) is 3.44. The predicted molar refractivity (Wildman–Crippen MR) is 141 cm³/mol. The van der Waals surface area contributed by atoms with Crippen LogP contribution in [0.3, 0.4) is 0 Å². The molecule has 0 radical (unpaired) electrons. The highest BCUT2D eigenvalue weighted by Gasteiger charge is 2.49. The molecule has 1 N–H and O–H groups in total. The highest BCUT2D eigenvalue weighted by molar-refractivity contribution is 7.13. The zero-order chi connectivity index (χ0) is 24.6. The number of rotatable bonds is 4. The molecule has 35 heavy (non-hydrogen) atoms. The van der Waals surface area contributed by atoms with Crippen molar-refractivity contribution in [3.63, 3.8) is 0 Å². The monoisotopic (exact) mass is 490 g/mol. The van der Waals surface area contributed by atoms with Gasteiger partial charge < -0.3 is 5.32 Å². The van der Waals surface area contributed by atoms with Crippen molar-refractivity contribution in [1.82, 2.24) is 15.1 Å². The third kappa shape index (κ3) is 4.66. The Balaban J connectivity index is 1.54. The predicted octanol–water partition coefficient (Wildman–Crippen LogP) is 5.88. The first kappa shape index (κ1) is 23.8. The lowest BCUT2D eigenvalue weighted by molar-refractivity contribution is -0.127. The van der Waals surface area contributed by atoms with Gasteiger partial charge in [0.05, 0.1) is 11.4 Å². The number of carbonyl (C=O) groups is 2. The number of fused-ring (bicyclic) bond motifs is 1. The van der Waals surface area contributed by atoms with Gasteiger partial charge in [0.1, 0.15) is 16.9 Å². The van der Waals surface area contributed by atoms with Crippen LogP contribution in [0, 0.1) is 13.8 Å². The minimum atomic E-state index is -1.09. The van der Waals surface area contributed by atoms with Crippen molar-refractivity contribution >= 4 is 28.8 Å². The van der Waals surface area contributed by atoms with Gasteiger partial charge in [0.25, 0.3) is 5.91 Å². The van der Waals surface area contributed by atoms with Gasteiger partial charge in [-0.1, -0.05) is 44.2 Å². The molecule has 3 aromatic rings. The molecular weight excluding hydrogens is 456 g/mol. The first-order chi connectivity index (χ1) is 16.8. The van der Waals surface area contributed by atoms with Crippen LogP contribution in [0.25, 0.3) is 10.6 Å². The maximum absolute atomic E-state index is 14.0. The molecule has 1 fully saturated rings. The van der Waals surface area contributed by atoms with Gasteiger partial charge in [-0.2, -0.15) is 5.10 Å². The number of amides is 2. The highest BCUT2D eigenvalue weighted by Crippen LogP contribution is 2.36. The number of carbonyl (C=O) groups excluding carboxylic acids is 2. The fraction of sp³-hybridized carbons (Fsp3) is 0.464. The van der Waals surface area contributed by atoms with E-state index < -0.39 is 5.54 Å². The molecule has 2 amide bonds. The molecule has 7 heteroatoms. The fourth-order valence-corrected chi connectivity index (χ4v) is 6.23. The van der Waals surface area contributed by atoms with E-state index in [1.54, 1.807) is 20.9 Å². The van der Waals surface area contributed by atoms with E-state index in [0.717, 1.165) is 53.1 Å². The molecule has 2 aliphatic rings. The summed E-state index contributed by atoms with van der Waals surface area (Å²) in [7, 11) is 0. The minimum Gasteiger partial charge on any atom is -0.351 e. The molecule has 1 atom stereocenters. The van der Waals surface area contributed by atoms with E-state index in [4.69, 9.17) is 5.10 Å². The number of anilines is 1. The van der Waals surface area contributed by atoms with Gasteiger partial charge in [0, 0.05) is 11.7 Å². The van der Waals surface area contributed by atoms with Crippen LogP contribution in [-0.2, 0) is 11.3 Å². The lowest BCUT2D eigenvalue weighted by Crippen LogP contribution is -2.65. The SMILES string of the molecule is Cc1cc(C)cc(N2C(=O)c3cc(-c4cccs4)nn3C[C@]2(C)C(=O)NC2CCCCCCC2)c1. The Bertz CT molecular complexity index is 1200. The number of benzene rings is 1. The van der Waals surface area contributed by atoms with Gasteiger partial charge in [0.15, 0.2) is 0 Å². The molecule has 3 heterocycles. The summed E-state index contributed by atoms with van der Waals surface area (Å²) in [5.74, 6) is -0.290. The standard InChI is InChI=1S/C28H34N4O2S/c1-19-14-20(2)16-22(15-19)32-26(33)24-17-23(25-12-9-13-35-25)30-31(24)18-28(32,3)27(34)29-21-10-7-5-4-6-8-11-21/h9,12-17,21H,4-8,10-11,18H2,1-3H3,(H,29,34)/t28-/m1/s1. The van der Waals surface area contributed by atoms with Gasteiger partial charge in [-0.3, -0.25) is 19.2 Å². The molecule has 0 unspecified atom stereocenters. The van der Waals surface area contributed by atoms with Crippen molar-refractivity contribution in [3.05, 3.63) is 58.6 Å². The van der Waals surface area contributed by atoms with Crippen LogP contribution in [0.2, 0.25) is 0 Å². The Morgan fingerprint density at radius 3 is 2.40 bits per heavy atom. The Morgan fingerprint density at radius 2 is 1.74 bits per heavy atom. The number of hydrogen-bond acceptors (Lipinski definition) is 4. The summed E-state index contributed by atoms with van der Waals surface area (Å²) in [4.78, 5) is 30.7. The summed E-state index contributed by atoms with van der Waals surface area (Å²) in [5, 5.41) is 10.1. The zero-order valence-electron chi connectivity index (χ0n) is 20.8. The van der Waals surface area contributed by atoms with Crippen molar-refractivity contribution < 1.29 is 9.59 Å². The van der Waals surface area contributed by atoms with Crippen molar-refractivity contribution in [1.29, 1.82) is 0 Å². The van der Waals surface area contributed by atoms with Crippen molar-refractivity contribution in [2.45, 2.75) is 83.8 Å². The van der Waals surface area contributed by atoms with Gasteiger partial charge in [0.2, 0.25) is 5.91 Å². The number of nitrogens with one attached hydrogen (secondary N) is 1. The van der Waals surface area contributed by atoms with Crippen molar-refractivity contribution in [3.8, 4) is 10.6 Å². The Kier molecular flexibility index (Phi) is 6.53. The molecule has 1 aliphatic carbocycles. The molecule has 6 nitrogen and oxygen atoms in total. The van der Waals surface area contributed by atoms with Crippen LogP contribution in [0.1, 0.15) is 73.5 Å². The molecule has 2 aromatic heterocycles. The number of aryl methyl sites for hydroxylation is 2. The molecule has 0 bridgehead atoms. The van der Waals surface area contributed by atoms with E-state index >= 15 is 0 Å². The molecule has 0 spiro atoms. The third-order valence-electron chi connectivity index (χ3n) is 7.32. The molecule has 1 aromatic carbocycles. The molecule has 5 rings (SSSR count). The minimum absolute atomic E-state index is 0.102. The first-order valence-electron chi connectivity index (χ1n) is 12.7. The smallest absolute Gasteiger partial charge is 0.277 e. The Hall–Kier alpha value is -2.93. The lowest BCUT2D eigenvalue weighted by Gasteiger charge is -2.44. The van der Waals surface area contributed by atoms with Gasteiger partial charge >= 0.3 is 0 Å². The van der Waals surface area contributed by atoms with E-state index in [1.165, 1.54) is 19.3 Å². The largest absolute Gasteiger partial charge is 0.351 e. The average molecular weight is 491 g/mol. The lowest BCUT2D eigenvalue weighted by atomic mass is 9.91. The van der Waals surface area contributed by atoms with E-state index in [9.17, 15) is 9.59 Å². The Labute approximate surface area is 211 Å². The summed E-state index contributed by atoms with van der Waals surface area (Å²) in [6.07, 6.45) is 7.98. The van der Waals surface area contributed by atoms with E-state index in [-0.39, 0.29) is 17.9 Å². The summed E-state index contributed by atoms with van der Waals surface area (Å²) < 4.78 is 1.73.